The van der Waals surface area contributed by atoms with E-state index in [4.69, 9.17) is 0 Å². The summed E-state index contributed by atoms with van der Waals surface area (Å²) in [5.41, 5.74) is 0.310. The second kappa shape index (κ2) is 7.06. The zero-order valence-corrected chi connectivity index (χ0v) is 15.4. The van der Waals surface area contributed by atoms with Crippen LogP contribution in [-0.2, 0) is 13.2 Å². The molecule has 0 fully saturated rings. The molecule has 27 heavy (non-hydrogen) atoms. The van der Waals surface area contributed by atoms with E-state index < -0.39 is 23.8 Å². The number of halogens is 3. The van der Waals surface area contributed by atoms with Gasteiger partial charge < -0.3 is 5.32 Å². The molecular formula is C16H15F3N6OS. The van der Waals surface area contributed by atoms with E-state index in [1.165, 1.54) is 7.05 Å². The van der Waals surface area contributed by atoms with Crippen LogP contribution in [0.15, 0.2) is 24.4 Å². The lowest BCUT2D eigenvalue weighted by molar-refractivity contribution is -0.141. The molecule has 142 valence electrons. The molecule has 0 spiro atoms. The predicted molar refractivity (Wildman–Crippen MR) is 92.0 cm³/mol. The highest BCUT2D eigenvalue weighted by Crippen LogP contribution is 2.28. The van der Waals surface area contributed by atoms with Gasteiger partial charge in [0.1, 0.15) is 10.7 Å². The van der Waals surface area contributed by atoms with E-state index in [0.717, 1.165) is 27.5 Å². The Morgan fingerprint density at radius 3 is 2.70 bits per heavy atom. The third-order valence-electron chi connectivity index (χ3n) is 3.72. The molecule has 0 saturated heterocycles. The molecule has 11 heteroatoms. The molecule has 0 aromatic carbocycles. The van der Waals surface area contributed by atoms with E-state index in [1.807, 2.05) is 13.0 Å². The number of aryl methyl sites for hydroxylation is 2. The Morgan fingerprint density at radius 2 is 2.07 bits per heavy atom. The number of pyridine rings is 1. The van der Waals surface area contributed by atoms with E-state index >= 15 is 0 Å². The van der Waals surface area contributed by atoms with Gasteiger partial charge in [-0.1, -0.05) is 0 Å². The first-order valence-electron chi connectivity index (χ1n) is 7.84. The van der Waals surface area contributed by atoms with Gasteiger partial charge in [-0.15, -0.1) is 0 Å². The van der Waals surface area contributed by atoms with E-state index in [2.05, 4.69) is 24.8 Å². The molecule has 1 amide bonds. The third kappa shape index (κ3) is 4.13. The second-order valence-electron chi connectivity index (χ2n) is 5.87. The topological polar surface area (TPSA) is 85.6 Å². The van der Waals surface area contributed by atoms with Gasteiger partial charge in [-0.05, 0) is 37.5 Å². The van der Waals surface area contributed by atoms with E-state index in [1.54, 1.807) is 19.2 Å². The number of alkyl halides is 3. The SMILES string of the molecule is Cc1cc(-c2nsc([C@H](C)NC(=O)c3cc(C(F)(F)F)nn3C)n2)ccn1. The number of nitrogens with zero attached hydrogens (tertiary/aromatic N) is 5. The Balaban J connectivity index is 1.75. The van der Waals surface area contributed by atoms with Crippen molar-refractivity contribution in [2.24, 2.45) is 7.05 Å². The number of nitrogens with one attached hydrogen (secondary N) is 1. The maximum absolute atomic E-state index is 12.7. The van der Waals surface area contributed by atoms with Crippen molar-refractivity contribution in [1.29, 1.82) is 0 Å². The average molecular weight is 396 g/mol. The molecule has 3 aromatic rings. The third-order valence-corrected chi connectivity index (χ3v) is 4.61. The molecular weight excluding hydrogens is 381 g/mol. The molecule has 0 aliphatic rings. The first kappa shape index (κ1) is 19.0. The minimum absolute atomic E-state index is 0.191. The zero-order valence-electron chi connectivity index (χ0n) is 14.6. The largest absolute Gasteiger partial charge is 0.435 e. The summed E-state index contributed by atoms with van der Waals surface area (Å²) in [4.78, 5) is 20.8. The summed E-state index contributed by atoms with van der Waals surface area (Å²) in [6, 6.07) is 3.79. The Bertz CT molecular complexity index is 981. The smallest absolute Gasteiger partial charge is 0.342 e. The van der Waals surface area contributed by atoms with Gasteiger partial charge in [0.05, 0.1) is 6.04 Å². The molecule has 3 aromatic heterocycles. The Morgan fingerprint density at radius 1 is 1.33 bits per heavy atom. The van der Waals surface area contributed by atoms with Crippen LogP contribution in [0, 0.1) is 6.92 Å². The Kier molecular flexibility index (Phi) is 4.96. The molecule has 0 bridgehead atoms. The first-order chi connectivity index (χ1) is 12.6. The van der Waals surface area contributed by atoms with Gasteiger partial charge in [-0.25, -0.2) is 4.98 Å². The van der Waals surface area contributed by atoms with Gasteiger partial charge in [-0.2, -0.15) is 22.6 Å². The van der Waals surface area contributed by atoms with Crippen molar-refractivity contribution < 1.29 is 18.0 Å². The van der Waals surface area contributed by atoms with E-state index in [0.29, 0.717) is 16.9 Å². The van der Waals surface area contributed by atoms with Crippen LogP contribution >= 0.6 is 11.5 Å². The number of carbonyl (C=O) groups is 1. The molecule has 0 unspecified atom stereocenters. The van der Waals surface area contributed by atoms with Gasteiger partial charge in [0.15, 0.2) is 11.5 Å². The quantitative estimate of drug-likeness (QED) is 0.732. The molecule has 3 rings (SSSR count). The summed E-state index contributed by atoms with van der Waals surface area (Å²) in [6.07, 6.45) is -2.96. The predicted octanol–water partition coefficient (Wildman–Crippen LogP) is 3.15. The van der Waals surface area contributed by atoms with Crippen LogP contribution in [0.1, 0.15) is 39.8 Å². The number of aromatic nitrogens is 5. The van der Waals surface area contributed by atoms with Gasteiger partial charge in [0.2, 0.25) is 0 Å². The monoisotopic (exact) mass is 396 g/mol. The van der Waals surface area contributed by atoms with Gasteiger partial charge in [0, 0.05) is 30.6 Å². The van der Waals surface area contributed by atoms with Crippen molar-refractivity contribution in [3.63, 3.8) is 0 Å². The number of carbonyl (C=O) groups excluding carboxylic acids is 1. The van der Waals surface area contributed by atoms with Crippen LogP contribution < -0.4 is 5.32 Å². The molecule has 0 aliphatic heterocycles. The Labute approximate surface area is 156 Å². The standard InChI is InChI=1S/C16H15F3N6OS/c1-8-6-10(4-5-20-8)13-22-15(27-24-13)9(2)21-14(26)11-7-12(16(17,18)19)23-25(11)3/h4-7,9H,1-3H3,(H,21,26)/t9-/m0/s1. The number of amides is 1. The summed E-state index contributed by atoms with van der Waals surface area (Å²) >= 11 is 1.11. The molecule has 1 atom stereocenters. The van der Waals surface area contributed by atoms with E-state index in [-0.39, 0.29) is 5.69 Å². The highest BCUT2D eigenvalue weighted by molar-refractivity contribution is 7.05. The minimum atomic E-state index is -4.61. The lowest BCUT2D eigenvalue weighted by Crippen LogP contribution is -2.28. The maximum Gasteiger partial charge on any atom is 0.435 e. The Hall–Kier alpha value is -2.82. The van der Waals surface area contributed by atoms with Crippen LogP contribution in [-0.4, -0.2) is 30.0 Å². The van der Waals surface area contributed by atoms with Crippen molar-refractivity contribution in [2.75, 3.05) is 0 Å². The highest BCUT2D eigenvalue weighted by Gasteiger charge is 2.35. The number of hydrogen-bond acceptors (Lipinski definition) is 6. The van der Waals surface area contributed by atoms with Crippen molar-refractivity contribution in [3.8, 4) is 11.4 Å². The normalized spacial score (nSPS) is 12.8. The minimum Gasteiger partial charge on any atom is -0.342 e. The fourth-order valence-electron chi connectivity index (χ4n) is 2.36. The molecule has 1 N–H and O–H groups in total. The molecule has 3 heterocycles. The van der Waals surface area contributed by atoms with Crippen molar-refractivity contribution in [2.45, 2.75) is 26.1 Å². The van der Waals surface area contributed by atoms with Crippen LogP contribution in [0.25, 0.3) is 11.4 Å². The van der Waals surface area contributed by atoms with Crippen molar-refractivity contribution >= 4 is 17.4 Å². The summed E-state index contributed by atoms with van der Waals surface area (Å²) < 4.78 is 43.4. The second-order valence-corrected chi connectivity index (χ2v) is 6.66. The summed E-state index contributed by atoms with van der Waals surface area (Å²) in [6.45, 7) is 3.53. The number of rotatable bonds is 4. The van der Waals surface area contributed by atoms with Crippen LogP contribution in [0.2, 0.25) is 0 Å². The first-order valence-corrected chi connectivity index (χ1v) is 8.61. The highest BCUT2D eigenvalue weighted by atomic mass is 32.1. The summed E-state index contributed by atoms with van der Waals surface area (Å²) in [7, 11) is 1.28. The zero-order chi connectivity index (χ0) is 19.8. The van der Waals surface area contributed by atoms with Gasteiger partial charge >= 0.3 is 6.18 Å². The lowest BCUT2D eigenvalue weighted by atomic mass is 10.2. The van der Waals surface area contributed by atoms with E-state index in [9.17, 15) is 18.0 Å². The van der Waals surface area contributed by atoms with Crippen molar-refractivity contribution in [1.82, 2.24) is 29.4 Å². The van der Waals surface area contributed by atoms with Crippen LogP contribution in [0.4, 0.5) is 13.2 Å². The average Bonchev–Trinajstić information content (AvgIpc) is 3.21. The molecule has 0 saturated carbocycles. The van der Waals surface area contributed by atoms with Crippen molar-refractivity contribution in [3.05, 3.63) is 46.5 Å². The van der Waals surface area contributed by atoms with Crippen LogP contribution in [0.5, 0.6) is 0 Å². The fourth-order valence-corrected chi connectivity index (χ4v) is 3.03. The van der Waals surface area contributed by atoms with Crippen LogP contribution in [0.3, 0.4) is 0 Å². The molecule has 7 nitrogen and oxygen atoms in total. The summed E-state index contributed by atoms with van der Waals surface area (Å²) in [5.74, 6) is -0.175. The van der Waals surface area contributed by atoms with Gasteiger partial charge in [0.25, 0.3) is 5.91 Å². The maximum atomic E-state index is 12.7. The van der Waals surface area contributed by atoms with Gasteiger partial charge in [-0.3, -0.25) is 14.5 Å². The number of hydrogen-bond donors (Lipinski definition) is 1. The summed E-state index contributed by atoms with van der Waals surface area (Å²) in [5, 5.41) is 6.49. The molecule has 0 radical (unpaired) electrons. The lowest BCUT2D eigenvalue weighted by Gasteiger charge is -2.10. The fraction of sp³-hybridized carbons (Fsp3) is 0.312. The molecule has 0 aliphatic carbocycles.